The summed E-state index contributed by atoms with van der Waals surface area (Å²) >= 11 is 1.68. The van der Waals surface area contributed by atoms with Crippen LogP contribution in [0.1, 0.15) is 27.7 Å². The summed E-state index contributed by atoms with van der Waals surface area (Å²) in [5.74, 6) is 0. The maximum absolute atomic E-state index is 6.78. The fourth-order valence-corrected chi connectivity index (χ4v) is 5.44. The molecule has 1 aliphatic rings. The number of benzene rings is 1. The monoisotopic (exact) mass is 398 g/mol. The third-order valence-electron chi connectivity index (χ3n) is 5.50. The van der Waals surface area contributed by atoms with E-state index >= 15 is 0 Å². The average molecular weight is 399 g/mol. The molecule has 0 unspecified atom stereocenters. The zero-order valence-corrected chi connectivity index (χ0v) is 19.1. The lowest BCUT2D eigenvalue weighted by Crippen LogP contribution is -2.61. The fraction of sp³-hybridized carbons (Fsp3) is 0.700. The number of ether oxygens (including phenoxy) is 3. The van der Waals surface area contributed by atoms with Gasteiger partial charge >= 0.3 is 0 Å². The molecule has 0 aliphatic carbocycles. The largest absolute Gasteiger partial charge is 0.408 e. The highest BCUT2D eigenvalue weighted by molar-refractivity contribution is 7.99. The van der Waals surface area contributed by atoms with Crippen molar-refractivity contribution in [1.82, 2.24) is 0 Å². The van der Waals surface area contributed by atoms with E-state index in [2.05, 4.69) is 52.9 Å². The summed E-state index contributed by atoms with van der Waals surface area (Å²) in [6.45, 7) is 13.4. The molecule has 2 rings (SSSR count). The third-order valence-corrected chi connectivity index (χ3v) is 11.1. The molecule has 0 aromatic heterocycles. The van der Waals surface area contributed by atoms with Crippen LogP contribution in [0.3, 0.4) is 0 Å². The molecule has 4 nitrogen and oxygen atoms in total. The third kappa shape index (κ3) is 4.91. The van der Waals surface area contributed by atoms with Crippen LogP contribution in [0.4, 0.5) is 0 Å². The standard InChI is InChI=1S/C20H34O4SSi/c1-14-16(21-5)17(24-26(7,8)20(2,3)4)18(22-6)19(23-14)25-15-12-10-9-11-13-15/h9-14,16-19H,1-8H3/t14-,16-,17+,18+,19-/m0/s1. The summed E-state index contributed by atoms with van der Waals surface area (Å²) in [4.78, 5) is 1.16. The van der Waals surface area contributed by atoms with Crippen molar-refractivity contribution >= 4 is 20.1 Å². The molecule has 1 aromatic rings. The van der Waals surface area contributed by atoms with E-state index < -0.39 is 8.32 Å². The maximum atomic E-state index is 6.78. The minimum atomic E-state index is -1.98. The molecule has 0 amide bonds. The van der Waals surface area contributed by atoms with Crippen molar-refractivity contribution in [2.24, 2.45) is 0 Å². The van der Waals surface area contributed by atoms with Gasteiger partial charge in [0.1, 0.15) is 23.7 Å². The Morgan fingerprint density at radius 3 is 2.04 bits per heavy atom. The van der Waals surface area contributed by atoms with Gasteiger partial charge in [-0.25, -0.2) is 0 Å². The van der Waals surface area contributed by atoms with Gasteiger partial charge in [-0.2, -0.15) is 0 Å². The van der Waals surface area contributed by atoms with Crippen molar-refractivity contribution in [3.8, 4) is 0 Å². The van der Waals surface area contributed by atoms with Crippen LogP contribution in [0.15, 0.2) is 35.2 Å². The first-order valence-electron chi connectivity index (χ1n) is 9.21. The maximum Gasteiger partial charge on any atom is 0.192 e. The second-order valence-electron chi connectivity index (χ2n) is 8.38. The van der Waals surface area contributed by atoms with Crippen molar-refractivity contribution in [3.63, 3.8) is 0 Å². The lowest BCUT2D eigenvalue weighted by Gasteiger charge is -2.49. The normalized spacial score (nSPS) is 30.4. The van der Waals surface area contributed by atoms with Crippen LogP contribution >= 0.6 is 11.8 Å². The fourth-order valence-electron chi connectivity index (χ4n) is 2.93. The molecular weight excluding hydrogens is 364 g/mol. The summed E-state index contributed by atoms with van der Waals surface area (Å²) < 4.78 is 24.7. The highest BCUT2D eigenvalue weighted by Gasteiger charge is 2.50. The average Bonchev–Trinajstić information content (AvgIpc) is 2.55. The van der Waals surface area contributed by atoms with Crippen LogP contribution in [0.5, 0.6) is 0 Å². The van der Waals surface area contributed by atoms with Gasteiger partial charge in [-0.15, -0.1) is 0 Å². The lowest BCUT2D eigenvalue weighted by atomic mass is 10.0. The van der Waals surface area contributed by atoms with Crippen LogP contribution in [-0.2, 0) is 18.6 Å². The SMILES string of the molecule is CO[C@@H]1[C@@H](O[Si](C)(C)C(C)(C)C)[C@@H](OC)[C@H](Sc2ccccc2)O[C@H]1C. The van der Waals surface area contributed by atoms with Crippen molar-refractivity contribution < 1.29 is 18.6 Å². The summed E-state index contributed by atoms with van der Waals surface area (Å²) in [5, 5.41) is 0.118. The molecule has 0 spiro atoms. The number of hydrogen-bond acceptors (Lipinski definition) is 5. The smallest absolute Gasteiger partial charge is 0.192 e. The van der Waals surface area contributed by atoms with Gasteiger partial charge in [-0.05, 0) is 37.2 Å². The van der Waals surface area contributed by atoms with Crippen LogP contribution in [0, 0.1) is 0 Å². The summed E-state index contributed by atoms with van der Waals surface area (Å²) in [6, 6.07) is 10.3. The van der Waals surface area contributed by atoms with Crippen molar-refractivity contribution in [3.05, 3.63) is 30.3 Å². The van der Waals surface area contributed by atoms with E-state index in [0.29, 0.717) is 0 Å². The Balaban J connectivity index is 2.28. The molecule has 6 heteroatoms. The zero-order valence-electron chi connectivity index (χ0n) is 17.3. The Morgan fingerprint density at radius 2 is 1.54 bits per heavy atom. The van der Waals surface area contributed by atoms with Gasteiger partial charge in [0.05, 0.1) is 6.10 Å². The van der Waals surface area contributed by atoms with Gasteiger partial charge in [0, 0.05) is 19.1 Å². The van der Waals surface area contributed by atoms with Gasteiger partial charge in [-0.1, -0.05) is 50.7 Å². The minimum Gasteiger partial charge on any atom is -0.408 e. The van der Waals surface area contributed by atoms with Gasteiger partial charge in [0.25, 0.3) is 0 Å². The van der Waals surface area contributed by atoms with E-state index in [1.807, 2.05) is 18.2 Å². The molecule has 0 bridgehead atoms. The molecular formula is C20H34O4SSi. The molecule has 1 fully saturated rings. The van der Waals surface area contributed by atoms with Crippen LogP contribution in [0.25, 0.3) is 0 Å². The summed E-state index contributed by atoms with van der Waals surface area (Å²) in [5.41, 5.74) is -0.140. The predicted molar refractivity (Wildman–Crippen MR) is 110 cm³/mol. The molecule has 0 radical (unpaired) electrons. The van der Waals surface area contributed by atoms with Gasteiger partial charge < -0.3 is 18.6 Å². The predicted octanol–water partition coefficient (Wildman–Crippen LogP) is 4.94. The number of rotatable bonds is 6. The summed E-state index contributed by atoms with van der Waals surface area (Å²) in [7, 11) is 1.48. The number of methoxy groups -OCH3 is 2. The second-order valence-corrected chi connectivity index (χ2v) is 14.3. The van der Waals surface area contributed by atoms with E-state index in [9.17, 15) is 0 Å². The van der Waals surface area contributed by atoms with E-state index in [-0.39, 0.29) is 34.9 Å². The molecule has 0 N–H and O–H groups in total. The molecule has 148 valence electrons. The van der Waals surface area contributed by atoms with Gasteiger partial charge in [-0.3, -0.25) is 0 Å². The first kappa shape index (κ1) is 21.9. The molecule has 1 aromatic carbocycles. The first-order chi connectivity index (χ1) is 12.1. The van der Waals surface area contributed by atoms with E-state index in [1.54, 1.807) is 26.0 Å². The van der Waals surface area contributed by atoms with Crippen molar-refractivity contribution in [1.29, 1.82) is 0 Å². The van der Waals surface area contributed by atoms with E-state index in [4.69, 9.17) is 18.6 Å². The van der Waals surface area contributed by atoms with Crippen LogP contribution in [-0.4, -0.2) is 52.4 Å². The minimum absolute atomic E-state index is 0.0672. The highest BCUT2D eigenvalue weighted by atomic mass is 32.2. The Hall–Kier alpha value is -0.373. The molecule has 26 heavy (non-hydrogen) atoms. The van der Waals surface area contributed by atoms with Crippen LogP contribution < -0.4 is 0 Å². The van der Waals surface area contributed by atoms with E-state index in [0.717, 1.165) is 4.90 Å². The first-order valence-corrected chi connectivity index (χ1v) is 13.0. The molecule has 5 atom stereocenters. The Morgan fingerprint density at radius 1 is 0.962 bits per heavy atom. The van der Waals surface area contributed by atoms with Crippen LogP contribution in [0.2, 0.25) is 18.1 Å². The topological polar surface area (TPSA) is 36.9 Å². The Kier molecular flexibility index (Phi) is 7.38. The van der Waals surface area contributed by atoms with E-state index in [1.165, 1.54) is 0 Å². The Bertz CT molecular complexity index is 561. The summed E-state index contributed by atoms with van der Waals surface area (Å²) in [6.07, 6.45) is -0.574. The molecule has 1 aliphatic heterocycles. The number of hydrogen-bond donors (Lipinski definition) is 0. The van der Waals surface area contributed by atoms with Gasteiger partial charge in [0.15, 0.2) is 8.32 Å². The quantitative estimate of drug-likeness (QED) is 0.634. The Labute approximate surface area is 164 Å². The van der Waals surface area contributed by atoms with Gasteiger partial charge in [0.2, 0.25) is 0 Å². The van der Waals surface area contributed by atoms with Crippen molar-refractivity contribution in [2.75, 3.05) is 14.2 Å². The lowest BCUT2D eigenvalue weighted by molar-refractivity contribution is -0.203. The molecule has 1 heterocycles. The highest BCUT2D eigenvalue weighted by Crippen LogP contribution is 2.42. The molecule has 0 saturated carbocycles. The second kappa shape index (κ2) is 8.75. The molecule has 1 saturated heterocycles. The van der Waals surface area contributed by atoms with Crippen molar-refractivity contribution in [2.45, 2.75) is 80.6 Å². The zero-order chi connectivity index (χ0) is 19.5. The number of thioether (sulfide) groups is 1.